The number of carbonyl (C=O) groups is 2. The van der Waals surface area contributed by atoms with Gasteiger partial charge in [-0.1, -0.05) is 30.3 Å². The van der Waals surface area contributed by atoms with E-state index in [9.17, 15) is 14.7 Å². The first-order chi connectivity index (χ1) is 16.0. The topological polar surface area (TPSA) is 92.9 Å². The molecular weight excluding hydrogens is 420 g/mol. The Morgan fingerprint density at radius 2 is 1.85 bits per heavy atom. The fourth-order valence-corrected chi connectivity index (χ4v) is 4.22. The molecule has 1 aliphatic rings. The molecule has 0 saturated carbocycles. The molecule has 0 bridgehead atoms. The minimum Gasteiger partial charge on any atom is -0.503 e. The number of nitrogens with zero attached hydrogens (tertiary/aromatic N) is 2. The number of methoxy groups -OCH3 is 1. The molecule has 1 atom stereocenters. The first kappa shape index (κ1) is 20.5. The summed E-state index contributed by atoms with van der Waals surface area (Å²) >= 11 is 0. The van der Waals surface area contributed by atoms with Gasteiger partial charge in [0.1, 0.15) is 0 Å². The smallest absolute Gasteiger partial charge is 0.294 e. The highest BCUT2D eigenvalue weighted by Gasteiger charge is 2.45. The molecule has 164 valence electrons. The molecule has 1 amide bonds. The van der Waals surface area contributed by atoms with Crippen molar-refractivity contribution in [2.75, 3.05) is 12.0 Å². The average Bonchev–Trinajstić information content (AvgIpc) is 3.39. The molecule has 3 heterocycles. The van der Waals surface area contributed by atoms with Crippen LogP contribution in [0.15, 0.2) is 88.8 Å². The monoisotopic (exact) mass is 440 g/mol. The fourth-order valence-electron chi connectivity index (χ4n) is 4.22. The van der Waals surface area contributed by atoms with Gasteiger partial charge in [0.25, 0.3) is 5.91 Å². The van der Waals surface area contributed by atoms with Gasteiger partial charge in [0.05, 0.1) is 18.7 Å². The van der Waals surface area contributed by atoms with Crippen molar-refractivity contribution in [3.05, 3.63) is 101 Å². The Balaban J connectivity index is 1.67. The van der Waals surface area contributed by atoms with Crippen LogP contribution in [0.25, 0.3) is 11.0 Å². The van der Waals surface area contributed by atoms with Gasteiger partial charge in [0.2, 0.25) is 5.78 Å². The molecule has 1 N–H and O–H groups in total. The molecule has 7 nitrogen and oxygen atoms in total. The zero-order chi connectivity index (χ0) is 23.1. The van der Waals surface area contributed by atoms with Gasteiger partial charge in [-0.2, -0.15) is 0 Å². The maximum atomic E-state index is 13.7. The number of aliphatic hydroxyl groups excluding tert-OH is 1. The number of aryl methyl sites for hydroxylation is 1. The molecule has 2 aromatic heterocycles. The number of aromatic nitrogens is 1. The number of ketones is 1. The van der Waals surface area contributed by atoms with E-state index in [4.69, 9.17) is 9.15 Å². The zero-order valence-corrected chi connectivity index (χ0v) is 18.0. The van der Waals surface area contributed by atoms with Crippen molar-refractivity contribution in [2.45, 2.75) is 13.0 Å². The van der Waals surface area contributed by atoms with Crippen molar-refractivity contribution in [1.29, 1.82) is 0 Å². The number of para-hydroxylation sites is 2. The van der Waals surface area contributed by atoms with Crippen LogP contribution in [0.2, 0.25) is 0 Å². The number of carbonyl (C=O) groups excluding carboxylic acids is 2. The molecule has 2 aromatic carbocycles. The maximum absolute atomic E-state index is 13.7. The number of rotatable bonds is 5. The minimum absolute atomic E-state index is 0.00883. The fraction of sp³-hybridized carbons (Fsp3) is 0.115. The van der Waals surface area contributed by atoms with Crippen molar-refractivity contribution >= 4 is 28.3 Å². The summed E-state index contributed by atoms with van der Waals surface area (Å²) in [7, 11) is 1.52. The second-order valence-electron chi connectivity index (χ2n) is 7.73. The molecule has 4 aromatic rings. The largest absolute Gasteiger partial charge is 0.503 e. The highest BCUT2D eigenvalue weighted by atomic mass is 16.5. The number of anilines is 1. The van der Waals surface area contributed by atoms with E-state index < -0.39 is 23.5 Å². The Kier molecular flexibility index (Phi) is 4.94. The van der Waals surface area contributed by atoms with Crippen molar-refractivity contribution in [2.24, 2.45) is 0 Å². The standard InChI is InChI=1S/C26H20N2O5/c1-15-6-3-4-8-18(15)28-22(16-10-12-27-13-11-16)21(24(30)26(28)31)23(29)20-14-17-7-5-9-19(32-2)25(17)33-20/h3-14,22,30H,1-2H3. The maximum Gasteiger partial charge on any atom is 0.294 e. The summed E-state index contributed by atoms with van der Waals surface area (Å²) in [5.74, 6) is -1.33. The Labute approximate surface area is 189 Å². The van der Waals surface area contributed by atoms with Crippen LogP contribution in [0, 0.1) is 6.92 Å². The van der Waals surface area contributed by atoms with E-state index >= 15 is 0 Å². The molecule has 0 spiro atoms. The Morgan fingerprint density at radius 3 is 2.58 bits per heavy atom. The van der Waals surface area contributed by atoms with Gasteiger partial charge >= 0.3 is 0 Å². The summed E-state index contributed by atoms with van der Waals surface area (Å²) in [6, 6.07) is 16.8. The highest BCUT2D eigenvalue weighted by molar-refractivity contribution is 6.21. The van der Waals surface area contributed by atoms with Crippen LogP contribution in [-0.2, 0) is 4.79 Å². The Morgan fingerprint density at radius 1 is 1.09 bits per heavy atom. The second-order valence-corrected chi connectivity index (χ2v) is 7.73. The van der Waals surface area contributed by atoms with Gasteiger partial charge in [-0.3, -0.25) is 19.5 Å². The molecule has 0 aliphatic carbocycles. The van der Waals surface area contributed by atoms with E-state index in [0.717, 1.165) is 5.56 Å². The second kappa shape index (κ2) is 7.94. The van der Waals surface area contributed by atoms with E-state index in [0.29, 0.717) is 28.0 Å². The van der Waals surface area contributed by atoms with Crippen LogP contribution in [0.4, 0.5) is 5.69 Å². The molecule has 1 unspecified atom stereocenters. The van der Waals surface area contributed by atoms with Crippen molar-refractivity contribution in [3.63, 3.8) is 0 Å². The van der Waals surface area contributed by atoms with Crippen molar-refractivity contribution in [1.82, 2.24) is 4.98 Å². The van der Waals surface area contributed by atoms with E-state index in [1.54, 1.807) is 54.9 Å². The van der Waals surface area contributed by atoms with Crippen LogP contribution in [0.3, 0.4) is 0 Å². The lowest BCUT2D eigenvalue weighted by Crippen LogP contribution is -2.31. The van der Waals surface area contributed by atoms with Gasteiger partial charge in [0.15, 0.2) is 22.9 Å². The molecule has 0 fully saturated rings. The Hall–Kier alpha value is -4.39. The summed E-state index contributed by atoms with van der Waals surface area (Å²) in [5, 5.41) is 11.6. The quantitative estimate of drug-likeness (QED) is 0.443. The number of aliphatic hydroxyl groups is 1. The predicted molar refractivity (Wildman–Crippen MR) is 122 cm³/mol. The molecule has 7 heteroatoms. The molecule has 33 heavy (non-hydrogen) atoms. The van der Waals surface area contributed by atoms with Crippen molar-refractivity contribution < 1.29 is 23.8 Å². The lowest BCUT2D eigenvalue weighted by molar-refractivity contribution is -0.117. The van der Waals surface area contributed by atoms with Crippen LogP contribution in [0.1, 0.15) is 27.7 Å². The summed E-state index contributed by atoms with van der Waals surface area (Å²) in [4.78, 5) is 32.4. The summed E-state index contributed by atoms with van der Waals surface area (Å²) in [6.07, 6.45) is 3.17. The lowest BCUT2D eigenvalue weighted by atomic mass is 9.95. The normalized spacial score (nSPS) is 16.0. The van der Waals surface area contributed by atoms with E-state index in [2.05, 4.69) is 4.98 Å². The minimum atomic E-state index is -0.843. The summed E-state index contributed by atoms with van der Waals surface area (Å²) in [5.41, 5.74) is 2.45. The number of furan rings is 1. The van der Waals surface area contributed by atoms with Gasteiger partial charge in [-0.15, -0.1) is 0 Å². The third-order valence-electron chi connectivity index (χ3n) is 5.80. The molecule has 1 aliphatic heterocycles. The number of amides is 1. The number of fused-ring (bicyclic) bond motifs is 1. The van der Waals surface area contributed by atoms with Crippen LogP contribution in [0.5, 0.6) is 5.75 Å². The number of benzene rings is 2. The number of hydrogen-bond acceptors (Lipinski definition) is 6. The van der Waals surface area contributed by atoms with Crippen LogP contribution >= 0.6 is 0 Å². The number of hydrogen-bond donors (Lipinski definition) is 1. The van der Waals surface area contributed by atoms with Gasteiger partial charge in [-0.05, 0) is 48.4 Å². The molecule has 0 radical (unpaired) electrons. The third-order valence-corrected chi connectivity index (χ3v) is 5.80. The molecule has 5 rings (SSSR count). The third kappa shape index (κ3) is 3.25. The number of ether oxygens (including phenoxy) is 1. The number of pyridine rings is 1. The van der Waals surface area contributed by atoms with Gasteiger partial charge < -0.3 is 14.3 Å². The number of Topliss-reactive ketones (excluding diaryl/α,β-unsaturated/α-hetero) is 1. The van der Waals surface area contributed by atoms with E-state index in [-0.39, 0.29) is 11.3 Å². The highest BCUT2D eigenvalue weighted by Crippen LogP contribution is 2.43. The summed E-state index contributed by atoms with van der Waals surface area (Å²) < 4.78 is 11.2. The van der Waals surface area contributed by atoms with Crippen molar-refractivity contribution in [3.8, 4) is 5.75 Å². The SMILES string of the molecule is COc1cccc2cc(C(=O)C3=C(O)C(=O)N(c4ccccc4C)C3c3ccncc3)oc12. The Bertz CT molecular complexity index is 1420. The molecular formula is C26H20N2O5. The lowest BCUT2D eigenvalue weighted by Gasteiger charge is -2.27. The first-order valence-corrected chi connectivity index (χ1v) is 10.3. The predicted octanol–water partition coefficient (Wildman–Crippen LogP) is 4.93. The average molecular weight is 440 g/mol. The van der Waals surface area contributed by atoms with E-state index in [1.807, 2.05) is 25.1 Å². The van der Waals surface area contributed by atoms with Gasteiger partial charge in [0, 0.05) is 23.5 Å². The zero-order valence-electron chi connectivity index (χ0n) is 18.0. The van der Waals surface area contributed by atoms with E-state index in [1.165, 1.54) is 12.0 Å². The first-order valence-electron chi connectivity index (χ1n) is 10.3. The summed E-state index contributed by atoms with van der Waals surface area (Å²) in [6.45, 7) is 1.87. The van der Waals surface area contributed by atoms with Gasteiger partial charge in [-0.25, -0.2) is 0 Å². The molecule has 0 saturated heterocycles. The van der Waals surface area contributed by atoms with Crippen LogP contribution < -0.4 is 9.64 Å². The van der Waals surface area contributed by atoms with Crippen LogP contribution in [-0.4, -0.2) is 28.9 Å².